The highest BCUT2D eigenvalue weighted by molar-refractivity contribution is 8.11. The minimum Gasteiger partial charge on any atom is -0.225 e. The fourth-order valence-electron chi connectivity index (χ4n) is 6.32. The van der Waals surface area contributed by atoms with Crippen LogP contribution in [0.15, 0.2) is 34.7 Å². The van der Waals surface area contributed by atoms with Crippen LogP contribution >= 0.6 is 45.8 Å². The van der Waals surface area contributed by atoms with Crippen molar-refractivity contribution in [3.8, 4) is 12.1 Å². The van der Waals surface area contributed by atoms with Crippen molar-refractivity contribution in [2.24, 2.45) is 0 Å². The molecule has 0 aromatic carbocycles. The third kappa shape index (κ3) is 5.93. The zero-order valence-electron chi connectivity index (χ0n) is 24.8. The largest absolute Gasteiger partial charge is 0.278 e. The molecular formula is C35H37N3S4. The van der Waals surface area contributed by atoms with E-state index in [2.05, 4.69) is 49.0 Å². The number of allylic oxidation sites excluding steroid dienone is 2. The Kier molecular flexibility index (Phi) is 10.1. The summed E-state index contributed by atoms with van der Waals surface area (Å²) in [6.45, 7) is 13.9. The highest BCUT2D eigenvalue weighted by Gasteiger charge is 2.40. The van der Waals surface area contributed by atoms with Gasteiger partial charge in [-0.3, -0.25) is 0 Å². The number of hydrogen-bond donors (Lipinski definition) is 0. The summed E-state index contributed by atoms with van der Waals surface area (Å²) < 4.78 is 7.43. The molecule has 216 valence electrons. The molecule has 1 aliphatic heterocycles. The molecule has 0 amide bonds. The van der Waals surface area contributed by atoms with Crippen molar-refractivity contribution in [2.75, 3.05) is 0 Å². The lowest BCUT2D eigenvalue weighted by atomic mass is 9.71. The number of thioether (sulfide) groups is 1. The first-order valence-corrected chi connectivity index (χ1v) is 18.4. The molecular weight excluding hydrogens is 591 g/mol. The van der Waals surface area contributed by atoms with Gasteiger partial charge in [0.1, 0.15) is 0 Å². The number of nitrogens with zero attached hydrogens (tertiary/aromatic N) is 3. The van der Waals surface area contributed by atoms with Crippen LogP contribution in [0.3, 0.4) is 0 Å². The molecule has 0 radical (unpaired) electrons. The van der Waals surface area contributed by atoms with E-state index in [1.165, 1.54) is 97.7 Å². The van der Waals surface area contributed by atoms with E-state index in [1.54, 1.807) is 16.9 Å². The van der Waals surface area contributed by atoms with Gasteiger partial charge in [-0.1, -0.05) is 83.0 Å². The first-order valence-electron chi connectivity index (χ1n) is 15.2. The summed E-state index contributed by atoms with van der Waals surface area (Å²) in [5, 5.41) is 18.9. The van der Waals surface area contributed by atoms with E-state index in [9.17, 15) is 10.5 Å². The Morgan fingerprint density at radius 2 is 1.48 bits per heavy atom. The summed E-state index contributed by atoms with van der Waals surface area (Å²) in [5.74, 6) is 0. The zero-order valence-corrected chi connectivity index (χ0v) is 28.0. The number of fused-ring (bicyclic) bond motifs is 2. The van der Waals surface area contributed by atoms with Gasteiger partial charge < -0.3 is 0 Å². The van der Waals surface area contributed by atoms with E-state index in [0.717, 1.165) is 27.5 Å². The van der Waals surface area contributed by atoms with Crippen LogP contribution in [0.2, 0.25) is 0 Å². The van der Waals surface area contributed by atoms with Gasteiger partial charge >= 0.3 is 0 Å². The molecule has 3 nitrogen and oxygen atoms in total. The zero-order chi connectivity index (χ0) is 29.7. The van der Waals surface area contributed by atoms with Crippen LogP contribution in [0.4, 0.5) is 0 Å². The summed E-state index contributed by atoms with van der Waals surface area (Å²) in [6.07, 6.45) is 14.5. The van der Waals surface area contributed by atoms with Gasteiger partial charge in [0.15, 0.2) is 0 Å². The Bertz CT molecular complexity index is 1920. The average molecular weight is 628 g/mol. The normalized spacial score (nSPS) is 19.0. The molecule has 3 aromatic heterocycles. The molecule has 0 spiro atoms. The Hall–Kier alpha value is -2.60. The molecule has 4 heterocycles. The number of nitriles is 2. The molecule has 42 heavy (non-hydrogen) atoms. The Morgan fingerprint density at radius 1 is 0.833 bits per heavy atom. The van der Waals surface area contributed by atoms with Crippen LogP contribution in [0.5, 0.6) is 0 Å². The first-order chi connectivity index (χ1) is 20.5. The quantitative estimate of drug-likeness (QED) is 0.128. The van der Waals surface area contributed by atoms with Crippen molar-refractivity contribution in [3.05, 3.63) is 84.5 Å². The summed E-state index contributed by atoms with van der Waals surface area (Å²) in [7, 11) is 0. The van der Waals surface area contributed by atoms with Gasteiger partial charge in [0.25, 0.3) is 5.70 Å². The molecule has 0 saturated carbocycles. The van der Waals surface area contributed by atoms with Crippen molar-refractivity contribution in [3.63, 3.8) is 0 Å². The van der Waals surface area contributed by atoms with Crippen molar-refractivity contribution in [1.82, 2.24) is 0 Å². The van der Waals surface area contributed by atoms with Crippen LogP contribution in [0, 0.1) is 47.4 Å². The third-order valence-electron chi connectivity index (χ3n) is 8.60. The van der Waals surface area contributed by atoms with Gasteiger partial charge in [0.2, 0.25) is 0 Å². The maximum absolute atomic E-state index is 9.47. The van der Waals surface area contributed by atoms with Crippen molar-refractivity contribution >= 4 is 56.4 Å². The van der Waals surface area contributed by atoms with E-state index < -0.39 is 0 Å². The van der Waals surface area contributed by atoms with Crippen LogP contribution in [0.25, 0.3) is 15.4 Å². The van der Waals surface area contributed by atoms with Crippen molar-refractivity contribution in [1.29, 1.82) is 10.5 Å². The van der Waals surface area contributed by atoms with Crippen LogP contribution in [0.1, 0.15) is 109 Å². The second kappa shape index (κ2) is 13.8. The molecule has 7 heteroatoms. The average Bonchev–Trinajstić information content (AvgIpc) is 3.82. The first kappa shape index (κ1) is 30.8. The monoisotopic (exact) mass is 627 g/mol. The molecule has 1 saturated heterocycles. The van der Waals surface area contributed by atoms with Gasteiger partial charge in [-0.05, 0) is 61.9 Å². The molecule has 0 atom stereocenters. The third-order valence-corrected chi connectivity index (χ3v) is 13.9. The standard InChI is InChI=1S/C35H37N3S4/c1-5-7-9-11-17-35(18-12-10-8-6-2)24-19-31(29-15-13-27(39-29)23(3)21-36)41-33(24)34-25(35)20-32(42-34)30-16-14-28(40-30)26(22-37)38-4/h14,16,19-20H,5-13,15,17-18H2,1-3H3/b27-23-,28-26+,31-29+,32-30-. The lowest BCUT2D eigenvalue weighted by Gasteiger charge is -2.32. The van der Waals surface area contributed by atoms with Gasteiger partial charge in [0.05, 0.1) is 18.7 Å². The lowest BCUT2D eigenvalue weighted by Crippen LogP contribution is -2.26. The van der Waals surface area contributed by atoms with Crippen molar-refractivity contribution in [2.45, 2.75) is 103 Å². The summed E-state index contributed by atoms with van der Waals surface area (Å²) in [4.78, 5) is 6.09. The second-order valence-corrected chi connectivity index (χ2v) is 15.7. The number of rotatable bonds is 10. The highest BCUT2D eigenvalue weighted by Crippen LogP contribution is 2.50. The van der Waals surface area contributed by atoms with Gasteiger partial charge in [-0.2, -0.15) is 5.26 Å². The second-order valence-electron chi connectivity index (χ2n) is 11.3. The molecule has 2 aliphatic rings. The van der Waals surface area contributed by atoms with Gasteiger partial charge in [-0.15, -0.1) is 34.0 Å². The molecule has 5 rings (SSSR count). The molecule has 0 bridgehead atoms. The highest BCUT2D eigenvalue weighted by atomic mass is 32.2. The summed E-state index contributed by atoms with van der Waals surface area (Å²) in [5.41, 5.74) is 4.13. The topological polar surface area (TPSA) is 51.9 Å². The maximum Gasteiger partial charge on any atom is 0.278 e. The Labute approximate surface area is 265 Å². The molecule has 0 N–H and O–H groups in total. The van der Waals surface area contributed by atoms with E-state index >= 15 is 0 Å². The molecule has 1 aliphatic carbocycles. The predicted octanol–water partition coefficient (Wildman–Crippen LogP) is 9.97. The number of unbranched alkanes of at least 4 members (excludes halogenated alkanes) is 6. The van der Waals surface area contributed by atoms with E-state index in [0.29, 0.717) is 0 Å². The number of hydrogen-bond acceptors (Lipinski definition) is 6. The minimum absolute atomic E-state index is 0.0429. The Balaban J connectivity index is 1.75. The molecule has 0 unspecified atom stereocenters. The number of thiophene rings is 3. The lowest BCUT2D eigenvalue weighted by molar-refractivity contribution is 0.398. The maximum atomic E-state index is 9.47. The fraction of sp³-hybridized carbons (Fsp3) is 0.457. The van der Waals surface area contributed by atoms with Crippen LogP contribution < -0.4 is 9.06 Å². The van der Waals surface area contributed by atoms with E-state index in [-0.39, 0.29) is 11.1 Å². The molecule has 3 aromatic rings. The van der Waals surface area contributed by atoms with Crippen LogP contribution in [-0.2, 0) is 5.41 Å². The summed E-state index contributed by atoms with van der Waals surface area (Å²) in [6, 6.07) is 13.4. The summed E-state index contributed by atoms with van der Waals surface area (Å²) >= 11 is 7.25. The van der Waals surface area contributed by atoms with E-state index in [4.69, 9.17) is 6.57 Å². The Morgan fingerprint density at radius 3 is 2.07 bits per heavy atom. The van der Waals surface area contributed by atoms with Crippen molar-refractivity contribution < 1.29 is 0 Å². The smallest absolute Gasteiger partial charge is 0.225 e. The van der Waals surface area contributed by atoms with Gasteiger partial charge in [-0.25, -0.2) is 10.1 Å². The predicted molar refractivity (Wildman–Crippen MR) is 180 cm³/mol. The van der Waals surface area contributed by atoms with E-state index in [1.807, 2.05) is 47.4 Å². The SMILES string of the molecule is [C-]#[N+]/C(C#N)=c1\cc/c(=c2\cc3c(s2)=c2s/c(=C4\CC/C(=C(\C)C#N)S4)cc2C3(CCCCCC)CCCCCC)s1. The molecule has 1 fully saturated rings. The minimum atomic E-state index is 0.0429. The van der Waals surface area contributed by atoms with Gasteiger partial charge in [0, 0.05) is 48.0 Å². The van der Waals surface area contributed by atoms with Crippen LogP contribution in [-0.4, -0.2) is 0 Å². The fourth-order valence-corrected chi connectivity index (χ4v) is 11.3.